The molecule has 0 amide bonds. The fourth-order valence-electron chi connectivity index (χ4n) is 2.86. The van der Waals surface area contributed by atoms with E-state index in [0.29, 0.717) is 33.4 Å². The van der Waals surface area contributed by atoms with E-state index in [1.54, 1.807) is 42.6 Å². The van der Waals surface area contributed by atoms with Crippen LogP contribution in [0.1, 0.15) is 5.56 Å². The number of hydrogen-bond donors (Lipinski definition) is 2. The maximum atomic E-state index is 12.5. The first-order chi connectivity index (χ1) is 13.9. The molecule has 4 rings (SSSR count). The quantitative estimate of drug-likeness (QED) is 0.446. The van der Waals surface area contributed by atoms with Gasteiger partial charge in [-0.25, -0.2) is 13.4 Å². The van der Waals surface area contributed by atoms with Crippen LogP contribution in [0.5, 0.6) is 0 Å². The molecule has 0 saturated heterocycles. The summed E-state index contributed by atoms with van der Waals surface area (Å²) in [5, 5.41) is 4.49. The molecule has 7 nitrogen and oxygen atoms in total. The highest BCUT2D eigenvalue weighted by molar-refractivity contribution is 7.92. The number of anilines is 2. The minimum atomic E-state index is -3.72. The molecule has 2 aromatic heterocycles. The number of nitrogens with two attached hydrogens (primary N) is 1. The highest BCUT2D eigenvalue weighted by atomic mass is 35.5. The van der Waals surface area contributed by atoms with Gasteiger partial charge >= 0.3 is 0 Å². The number of halogens is 2. The molecule has 0 aliphatic rings. The Morgan fingerprint density at radius 2 is 1.86 bits per heavy atom. The Bertz CT molecular complexity index is 1310. The molecular weight excluding hydrogens is 433 g/mol. The normalized spacial score (nSPS) is 11.7. The molecule has 3 N–H and O–H groups in total. The molecule has 148 valence electrons. The topological polar surface area (TPSA) is 102 Å². The fraction of sp³-hybridized carbons (Fsp3) is 0.0526. The predicted molar refractivity (Wildman–Crippen MR) is 115 cm³/mol. The number of nitrogens with zero attached hydrogens (tertiary/aromatic N) is 3. The zero-order valence-corrected chi connectivity index (χ0v) is 17.2. The number of aromatic nitrogens is 3. The maximum Gasteiger partial charge on any atom is 0.261 e. The average molecular weight is 448 g/mol. The average Bonchev–Trinajstić information content (AvgIpc) is 3.12. The Morgan fingerprint density at radius 1 is 1.10 bits per heavy atom. The lowest BCUT2D eigenvalue weighted by molar-refractivity contribution is 0.601. The second-order valence-corrected chi connectivity index (χ2v) is 8.58. The molecular formula is C19H15Cl2N5O2S. The van der Waals surface area contributed by atoms with Crippen LogP contribution in [0.3, 0.4) is 0 Å². The number of alkyl halides is 1. The fourth-order valence-corrected chi connectivity index (χ4v) is 4.40. The maximum absolute atomic E-state index is 12.5. The van der Waals surface area contributed by atoms with Crippen molar-refractivity contribution >= 4 is 50.4 Å². The van der Waals surface area contributed by atoms with E-state index in [-0.39, 0.29) is 10.8 Å². The van der Waals surface area contributed by atoms with E-state index >= 15 is 0 Å². The van der Waals surface area contributed by atoms with E-state index in [1.807, 2.05) is 0 Å². The summed E-state index contributed by atoms with van der Waals surface area (Å²) in [6, 6.07) is 14.6. The highest BCUT2D eigenvalue weighted by Gasteiger charge is 2.16. The number of sulfonamides is 1. The molecule has 0 spiro atoms. The Morgan fingerprint density at radius 3 is 2.55 bits per heavy atom. The molecule has 0 aliphatic carbocycles. The number of hydrogen-bond acceptors (Lipinski definition) is 5. The second-order valence-electron chi connectivity index (χ2n) is 6.22. The van der Waals surface area contributed by atoms with E-state index in [0.717, 1.165) is 5.56 Å². The number of rotatable bonds is 5. The van der Waals surface area contributed by atoms with E-state index in [2.05, 4.69) is 14.8 Å². The lowest BCUT2D eigenvalue weighted by Gasteiger charge is -2.11. The molecule has 2 aromatic carbocycles. The number of nitrogens with one attached hydrogen (secondary N) is 1. The van der Waals surface area contributed by atoms with Gasteiger partial charge in [-0.2, -0.15) is 9.61 Å². The van der Waals surface area contributed by atoms with Crippen LogP contribution in [0.4, 0.5) is 11.5 Å². The number of fused-ring (bicyclic) bond motifs is 1. The summed E-state index contributed by atoms with van der Waals surface area (Å²) in [7, 11) is -3.72. The van der Waals surface area contributed by atoms with Crippen LogP contribution in [0.25, 0.3) is 16.9 Å². The molecule has 0 radical (unpaired) electrons. The molecule has 2 heterocycles. The van der Waals surface area contributed by atoms with E-state index in [4.69, 9.17) is 28.9 Å². The minimum absolute atomic E-state index is 0.162. The third-order valence-electron chi connectivity index (χ3n) is 4.27. The zero-order valence-electron chi connectivity index (χ0n) is 14.9. The van der Waals surface area contributed by atoms with Gasteiger partial charge in [0, 0.05) is 17.2 Å². The molecule has 0 saturated carbocycles. The Kier molecular flexibility index (Phi) is 5.08. The summed E-state index contributed by atoms with van der Waals surface area (Å²) in [5.74, 6) is 0.624. The van der Waals surface area contributed by atoms with Gasteiger partial charge in [-0.1, -0.05) is 29.8 Å². The summed E-state index contributed by atoms with van der Waals surface area (Å²) in [5.41, 5.74) is 8.82. The molecule has 29 heavy (non-hydrogen) atoms. The second kappa shape index (κ2) is 7.55. The standard InChI is InChI=1S/C19H15Cl2N5O2S/c20-10-12-11-23-26-18(22)9-17(24-19(12)26)15-7-6-13(8-16(15)21)25-29(27,28)14-4-2-1-3-5-14/h1-9,11,25H,10,22H2. The van der Waals surface area contributed by atoms with Crippen molar-refractivity contribution in [2.24, 2.45) is 0 Å². The largest absolute Gasteiger partial charge is 0.384 e. The van der Waals surface area contributed by atoms with E-state index in [9.17, 15) is 8.42 Å². The van der Waals surface area contributed by atoms with Crippen molar-refractivity contribution in [3.8, 4) is 11.3 Å². The van der Waals surface area contributed by atoms with Gasteiger partial charge in [-0.3, -0.25) is 4.72 Å². The lowest BCUT2D eigenvalue weighted by atomic mass is 10.1. The van der Waals surface area contributed by atoms with Crippen molar-refractivity contribution in [1.82, 2.24) is 14.6 Å². The van der Waals surface area contributed by atoms with Crippen molar-refractivity contribution in [3.63, 3.8) is 0 Å². The molecule has 0 unspecified atom stereocenters. The summed E-state index contributed by atoms with van der Waals surface area (Å²) in [6.45, 7) is 0. The summed E-state index contributed by atoms with van der Waals surface area (Å²) >= 11 is 12.4. The van der Waals surface area contributed by atoms with Gasteiger partial charge in [0.1, 0.15) is 5.82 Å². The third-order valence-corrected chi connectivity index (χ3v) is 6.26. The van der Waals surface area contributed by atoms with Crippen molar-refractivity contribution in [2.75, 3.05) is 10.5 Å². The minimum Gasteiger partial charge on any atom is -0.384 e. The third kappa shape index (κ3) is 3.74. The van der Waals surface area contributed by atoms with Gasteiger partial charge < -0.3 is 5.73 Å². The predicted octanol–water partition coefficient (Wildman–Crippen LogP) is 4.17. The molecule has 0 fully saturated rings. The summed E-state index contributed by atoms with van der Waals surface area (Å²) in [4.78, 5) is 4.72. The van der Waals surface area contributed by atoms with E-state index < -0.39 is 10.0 Å². The molecule has 0 aliphatic heterocycles. The summed E-state index contributed by atoms with van der Waals surface area (Å²) < 4.78 is 29.0. The first kappa shape index (κ1) is 19.5. The molecule has 4 aromatic rings. The van der Waals surface area contributed by atoms with Crippen LogP contribution < -0.4 is 10.5 Å². The Balaban J connectivity index is 1.70. The summed E-state index contributed by atoms with van der Waals surface area (Å²) in [6.07, 6.45) is 1.61. The number of nitrogen functional groups attached to an aromatic ring is 1. The van der Waals surface area contributed by atoms with Crippen molar-refractivity contribution < 1.29 is 8.42 Å². The zero-order chi connectivity index (χ0) is 20.6. The van der Waals surface area contributed by atoms with Crippen LogP contribution in [0, 0.1) is 0 Å². The van der Waals surface area contributed by atoms with Gasteiger partial charge in [-0.05, 0) is 30.3 Å². The Hall–Kier alpha value is -2.81. The number of benzene rings is 2. The first-order valence-electron chi connectivity index (χ1n) is 8.46. The van der Waals surface area contributed by atoms with E-state index in [1.165, 1.54) is 22.7 Å². The lowest BCUT2D eigenvalue weighted by Crippen LogP contribution is -2.12. The van der Waals surface area contributed by atoms with Crippen molar-refractivity contribution in [1.29, 1.82) is 0 Å². The van der Waals surface area contributed by atoms with Crippen LogP contribution in [0.15, 0.2) is 65.7 Å². The molecule has 0 bridgehead atoms. The van der Waals surface area contributed by atoms with Crippen LogP contribution in [-0.2, 0) is 15.9 Å². The molecule has 10 heteroatoms. The van der Waals surface area contributed by atoms with Gasteiger partial charge in [0.05, 0.1) is 33.4 Å². The van der Waals surface area contributed by atoms with Crippen LogP contribution >= 0.6 is 23.2 Å². The van der Waals surface area contributed by atoms with Crippen molar-refractivity contribution in [3.05, 3.63) is 71.4 Å². The molecule has 0 atom stereocenters. The van der Waals surface area contributed by atoms with Gasteiger partial charge in [0.25, 0.3) is 10.0 Å². The highest BCUT2D eigenvalue weighted by Crippen LogP contribution is 2.32. The monoisotopic (exact) mass is 447 g/mol. The van der Waals surface area contributed by atoms with Gasteiger partial charge in [-0.15, -0.1) is 11.6 Å². The van der Waals surface area contributed by atoms with Crippen molar-refractivity contribution in [2.45, 2.75) is 10.8 Å². The van der Waals surface area contributed by atoms with Gasteiger partial charge in [0.15, 0.2) is 5.65 Å². The van der Waals surface area contributed by atoms with Crippen LogP contribution in [-0.4, -0.2) is 23.0 Å². The smallest absolute Gasteiger partial charge is 0.261 e. The van der Waals surface area contributed by atoms with Crippen LogP contribution in [0.2, 0.25) is 5.02 Å². The first-order valence-corrected chi connectivity index (χ1v) is 10.9. The SMILES string of the molecule is Nc1cc(-c2ccc(NS(=O)(=O)c3ccccc3)cc2Cl)nc2c(CCl)cnn12. The Labute approximate surface area is 177 Å². The van der Waals surface area contributed by atoms with Gasteiger partial charge in [0.2, 0.25) is 0 Å².